The molecule has 0 aliphatic carbocycles. The summed E-state index contributed by atoms with van der Waals surface area (Å²) in [5.74, 6) is 0. The van der Waals surface area contributed by atoms with E-state index in [4.69, 9.17) is 11.6 Å². The Bertz CT molecular complexity index is 641. The molecule has 0 saturated carbocycles. The highest BCUT2D eigenvalue weighted by Crippen LogP contribution is 2.40. The second kappa shape index (κ2) is 5.96. The molecule has 0 amide bonds. The van der Waals surface area contributed by atoms with Crippen LogP contribution in [0.3, 0.4) is 0 Å². The maximum atomic E-state index is 13.2. The first-order chi connectivity index (χ1) is 9.42. The number of carbonyl (C=O) groups is 1. The van der Waals surface area contributed by atoms with Gasteiger partial charge in [-0.1, -0.05) is 13.0 Å². The van der Waals surface area contributed by atoms with Gasteiger partial charge < -0.3 is 0 Å². The fraction of sp³-hybridized carbons (Fsp3) is 0.462. The zero-order chi connectivity index (χ0) is 16.6. The van der Waals surface area contributed by atoms with Crippen LogP contribution >= 0.6 is 11.6 Å². The lowest BCUT2D eigenvalue weighted by Crippen LogP contribution is -2.25. The molecule has 0 aliphatic heterocycles. The van der Waals surface area contributed by atoms with Gasteiger partial charge in [-0.25, -0.2) is 8.42 Å². The van der Waals surface area contributed by atoms with Crippen LogP contribution in [0.4, 0.5) is 13.2 Å². The minimum atomic E-state index is -4.79. The van der Waals surface area contributed by atoms with Crippen LogP contribution in [0.2, 0.25) is 0 Å². The average molecular weight is 343 g/mol. The second-order valence-electron chi connectivity index (χ2n) is 5.00. The first-order valence-corrected chi connectivity index (χ1v) is 7.57. The summed E-state index contributed by atoms with van der Waals surface area (Å²) in [4.78, 5) is 11.3. The molecule has 21 heavy (non-hydrogen) atoms. The second-order valence-corrected chi connectivity index (χ2v) is 6.97. The van der Waals surface area contributed by atoms with E-state index in [9.17, 15) is 26.4 Å². The fourth-order valence-electron chi connectivity index (χ4n) is 1.96. The summed E-state index contributed by atoms with van der Waals surface area (Å²) in [6.45, 7) is 4.01. The lowest BCUT2D eigenvalue weighted by atomic mass is 9.90. The Labute approximate surface area is 127 Å². The van der Waals surface area contributed by atoms with Gasteiger partial charge in [0.25, 0.3) is 5.24 Å². The minimum Gasteiger partial charge on any atom is -0.276 e. The molecule has 1 aromatic rings. The van der Waals surface area contributed by atoms with Crippen molar-refractivity contribution in [2.75, 3.05) is 0 Å². The molecule has 3 nitrogen and oxygen atoms in total. The average Bonchev–Trinajstić information content (AvgIpc) is 2.35. The number of rotatable bonds is 4. The number of aryl methyl sites for hydroxylation is 1. The number of hydrogen-bond donors (Lipinski definition) is 1. The molecule has 0 heterocycles. The van der Waals surface area contributed by atoms with E-state index in [2.05, 4.69) is 0 Å². The van der Waals surface area contributed by atoms with Crippen molar-refractivity contribution in [3.05, 3.63) is 34.4 Å². The number of hydrogen-bond acceptors (Lipinski definition) is 3. The molecule has 0 saturated heterocycles. The fourth-order valence-corrected chi connectivity index (χ4v) is 2.52. The summed E-state index contributed by atoms with van der Waals surface area (Å²) >= 11 is 5.31. The molecule has 1 rings (SSSR count). The molecule has 8 heteroatoms. The smallest absolute Gasteiger partial charge is 0.276 e. The molecule has 0 aromatic heterocycles. The maximum absolute atomic E-state index is 13.2. The van der Waals surface area contributed by atoms with E-state index in [1.165, 1.54) is 13.8 Å². The van der Waals surface area contributed by atoms with Gasteiger partial charge in [0.1, 0.15) is 10.7 Å². The third-order valence-electron chi connectivity index (χ3n) is 3.26. The monoisotopic (exact) mass is 342 g/mol. The highest BCUT2D eigenvalue weighted by Gasteiger charge is 2.40. The van der Waals surface area contributed by atoms with Crippen LogP contribution in [0.1, 0.15) is 47.8 Å². The van der Waals surface area contributed by atoms with Gasteiger partial charge in [0.15, 0.2) is 0 Å². The van der Waals surface area contributed by atoms with Crippen molar-refractivity contribution in [1.82, 2.24) is 0 Å². The Hall–Kier alpha value is -1.08. The van der Waals surface area contributed by atoms with Crippen molar-refractivity contribution < 1.29 is 26.4 Å². The number of benzene rings is 1. The van der Waals surface area contributed by atoms with Gasteiger partial charge in [0.05, 0.1) is 10.3 Å². The Morgan fingerprint density at radius 1 is 1.19 bits per heavy atom. The van der Waals surface area contributed by atoms with Crippen LogP contribution in [0.15, 0.2) is 12.1 Å². The third kappa shape index (κ3) is 3.58. The minimum absolute atomic E-state index is 0.255. The van der Waals surface area contributed by atoms with Crippen molar-refractivity contribution in [1.29, 1.82) is 0 Å². The maximum Gasteiger partial charge on any atom is 0.416 e. The van der Waals surface area contributed by atoms with Gasteiger partial charge in [0, 0.05) is 5.56 Å². The lowest BCUT2D eigenvalue weighted by Gasteiger charge is -2.24. The highest BCUT2D eigenvalue weighted by molar-refractivity contribution is 7.73. The summed E-state index contributed by atoms with van der Waals surface area (Å²) < 4.78 is 60.4. The lowest BCUT2D eigenvalue weighted by molar-refractivity contribution is -0.138. The van der Waals surface area contributed by atoms with E-state index in [0.717, 1.165) is 6.07 Å². The van der Waals surface area contributed by atoms with Crippen molar-refractivity contribution in [2.45, 2.75) is 38.1 Å². The van der Waals surface area contributed by atoms with E-state index in [-0.39, 0.29) is 23.1 Å². The molecule has 0 spiro atoms. The number of thiol groups is 1. The molecule has 0 fully saturated rings. The molecule has 1 aromatic carbocycles. The number of alkyl halides is 3. The van der Waals surface area contributed by atoms with Crippen molar-refractivity contribution in [3.63, 3.8) is 0 Å². The standard InChI is InChI=1S/C13H14ClF3O3S/c1-4-7-5-9(12(2,3)21(19)20)10(13(15,16)17)6-8(7)11(14)18/h5-6,21H,4H2,1-3H3. The first kappa shape index (κ1) is 18.0. The van der Waals surface area contributed by atoms with Crippen LogP contribution in [0.5, 0.6) is 0 Å². The van der Waals surface area contributed by atoms with Gasteiger partial charge in [-0.3, -0.25) is 4.79 Å². The summed E-state index contributed by atoms with van der Waals surface area (Å²) in [6, 6.07) is 1.73. The van der Waals surface area contributed by atoms with Crippen molar-refractivity contribution in [2.24, 2.45) is 0 Å². The zero-order valence-electron chi connectivity index (χ0n) is 11.5. The topological polar surface area (TPSA) is 51.2 Å². The van der Waals surface area contributed by atoms with E-state index in [1.54, 1.807) is 6.92 Å². The third-order valence-corrected chi connectivity index (χ3v) is 4.61. The molecule has 118 valence electrons. The predicted molar refractivity (Wildman–Crippen MR) is 74.3 cm³/mol. The van der Waals surface area contributed by atoms with Crippen molar-refractivity contribution >= 4 is 27.5 Å². The normalized spacial score (nSPS) is 12.8. The van der Waals surface area contributed by atoms with Crippen LogP contribution in [-0.4, -0.2) is 13.7 Å². The van der Waals surface area contributed by atoms with Gasteiger partial charge in [-0.15, -0.1) is 0 Å². The quantitative estimate of drug-likeness (QED) is 0.673. The summed E-state index contributed by atoms with van der Waals surface area (Å²) in [6.07, 6.45) is -4.53. The van der Waals surface area contributed by atoms with Gasteiger partial charge in [-0.2, -0.15) is 13.2 Å². The molecular formula is C13H14ClF3O3S. The van der Waals surface area contributed by atoms with E-state index in [1.807, 2.05) is 0 Å². The first-order valence-electron chi connectivity index (χ1n) is 6.01. The Morgan fingerprint density at radius 2 is 1.71 bits per heavy atom. The summed E-state index contributed by atoms with van der Waals surface area (Å²) in [5.41, 5.74) is -1.52. The van der Waals surface area contributed by atoms with Crippen LogP contribution in [0, 0.1) is 0 Å². The summed E-state index contributed by atoms with van der Waals surface area (Å²) in [5, 5.41) is -1.01. The number of carbonyl (C=O) groups excluding carboxylic acids is 1. The SMILES string of the molecule is CCc1cc(C(C)(C)[SH](=O)=O)c(C(F)(F)F)cc1C(=O)Cl. The molecule has 0 aliphatic rings. The Balaban J connectivity index is 3.82. The predicted octanol–water partition coefficient (Wildman–Crippen LogP) is 3.49. The largest absolute Gasteiger partial charge is 0.416 e. The Kier molecular flexibility index (Phi) is 5.10. The van der Waals surface area contributed by atoms with Gasteiger partial charge in [-0.05, 0) is 49.1 Å². The zero-order valence-corrected chi connectivity index (χ0v) is 13.2. The van der Waals surface area contributed by atoms with Crippen LogP contribution < -0.4 is 0 Å². The van der Waals surface area contributed by atoms with Crippen LogP contribution in [0.25, 0.3) is 0 Å². The molecule has 0 bridgehead atoms. The molecule has 0 unspecified atom stereocenters. The van der Waals surface area contributed by atoms with E-state index in [0.29, 0.717) is 6.07 Å². The molecular weight excluding hydrogens is 329 g/mol. The highest BCUT2D eigenvalue weighted by atomic mass is 35.5. The van der Waals surface area contributed by atoms with Gasteiger partial charge >= 0.3 is 6.18 Å². The van der Waals surface area contributed by atoms with E-state index < -0.39 is 32.4 Å². The van der Waals surface area contributed by atoms with Crippen molar-refractivity contribution in [3.8, 4) is 0 Å². The summed E-state index contributed by atoms with van der Waals surface area (Å²) in [7, 11) is -3.14. The molecule has 0 radical (unpaired) electrons. The van der Waals surface area contributed by atoms with E-state index >= 15 is 0 Å². The van der Waals surface area contributed by atoms with Gasteiger partial charge in [0.2, 0.25) is 0 Å². The number of halogens is 4. The van der Waals surface area contributed by atoms with Crippen LogP contribution in [-0.2, 0) is 28.0 Å². The molecule has 0 N–H and O–H groups in total. The Morgan fingerprint density at radius 3 is 2.05 bits per heavy atom. The molecule has 0 atom stereocenters.